The molecule has 1 rings (SSSR count). The molecule has 90 valence electrons. The van der Waals surface area contributed by atoms with Crippen LogP contribution in [0.2, 0.25) is 0 Å². The highest BCUT2D eigenvalue weighted by molar-refractivity contribution is 5.97. The number of benzene rings is 1. The fraction of sp³-hybridized carbons (Fsp3) is 0.167. The van der Waals surface area contributed by atoms with Gasteiger partial charge in [0.2, 0.25) is 5.91 Å². The van der Waals surface area contributed by atoms with Crippen molar-refractivity contribution in [2.24, 2.45) is 0 Å². The molecule has 0 spiro atoms. The number of amides is 1. The number of esters is 1. The first-order valence-corrected chi connectivity index (χ1v) is 4.86. The SMILES string of the molecule is COC(=O)/C(=C\c1ccccc1F)NC(C)=O. The normalized spacial score (nSPS) is 10.9. The van der Waals surface area contributed by atoms with E-state index < -0.39 is 17.7 Å². The Bertz CT molecular complexity index is 469. The van der Waals surface area contributed by atoms with E-state index in [9.17, 15) is 14.0 Å². The average Bonchev–Trinajstić information content (AvgIpc) is 2.29. The maximum atomic E-state index is 13.3. The van der Waals surface area contributed by atoms with E-state index in [1.54, 1.807) is 6.07 Å². The van der Waals surface area contributed by atoms with Crippen molar-refractivity contribution < 1.29 is 18.7 Å². The molecule has 0 heterocycles. The molecule has 0 radical (unpaired) electrons. The number of carbonyl (C=O) groups is 2. The van der Waals surface area contributed by atoms with Crippen molar-refractivity contribution >= 4 is 18.0 Å². The van der Waals surface area contributed by atoms with Gasteiger partial charge in [-0.3, -0.25) is 4.79 Å². The van der Waals surface area contributed by atoms with Gasteiger partial charge in [0.1, 0.15) is 11.5 Å². The number of hydrogen-bond donors (Lipinski definition) is 1. The van der Waals surface area contributed by atoms with Crippen LogP contribution in [0.5, 0.6) is 0 Å². The Morgan fingerprint density at radius 2 is 2.00 bits per heavy atom. The summed E-state index contributed by atoms with van der Waals surface area (Å²) in [6.45, 7) is 1.25. The van der Waals surface area contributed by atoms with Crippen LogP contribution in [0.4, 0.5) is 4.39 Å². The highest BCUT2D eigenvalue weighted by Crippen LogP contribution is 2.11. The lowest BCUT2D eigenvalue weighted by atomic mass is 10.2. The zero-order valence-corrected chi connectivity index (χ0v) is 9.49. The van der Waals surface area contributed by atoms with Crippen LogP contribution in [-0.4, -0.2) is 19.0 Å². The van der Waals surface area contributed by atoms with Crippen molar-refractivity contribution in [3.63, 3.8) is 0 Å². The summed E-state index contributed by atoms with van der Waals surface area (Å²) in [5.74, 6) is -1.65. The Morgan fingerprint density at radius 3 is 2.53 bits per heavy atom. The van der Waals surface area contributed by atoms with Crippen LogP contribution in [0.1, 0.15) is 12.5 Å². The highest BCUT2D eigenvalue weighted by Gasteiger charge is 2.12. The van der Waals surface area contributed by atoms with Gasteiger partial charge >= 0.3 is 5.97 Å². The van der Waals surface area contributed by atoms with E-state index in [4.69, 9.17) is 0 Å². The average molecular weight is 237 g/mol. The van der Waals surface area contributed by atoms with Crippen LogP contribution in [0, 0.1) is 5.82 Å². The fourth-order valence-corrected chi connectivity index (χ4v) is 1.19. The quantitative estimate of drug-likeness (QED) is 0.640. The lowest BCUT2D eigenvalue weighted by molar-refractivity contribution is -0.137. The molecule has 0 saturated heterocycles. The summed E-state index contributed by atoms with van der Waals surface area (Å²) in [4.78, 5) is 22.2. The maximum Gasteiger partial charge on any atom is 0.354 e. The highest BCUT2D eigenvalue weighted by atomic mass is 19.1. The molecule has 0 fully saturated rings. The summed E-state index contributed by atoms with van der Waals surface area (Å²) in [6.07, 6.45) is 1.22. The van der Waals surface area contributed by atoms with Gasteiger partial charge in [0.15, 0.2) is 0 Å². The third-order valence-corrected chi connectivity index (χ3v) is 1.92. The minimum atomic E-state index is -0.733. The summed E-state index contributed by atoms with van der Waals surface area (Å²) < 4.78 is 17.8. The standard InChI is InChI=1S/C12H12FNO3/c1-8(15)14-11(12(16)17-2)7-9-5-3-4-6-10(9)13/h3-7H,1-2H3,(H,14,15)/b11-7+. The molecule has 1 amide bonds. The first kappa shape index (κ1) is 12.9. The predicted octanol–water partition coefficient (Wildman–Crippen LogP) is 1.48. The molecule has 1 aromatic carbocycles. The topological polar surface area (TPSA) is 55.4 Å². The van der Waals surface area contributed by atoms with Crippen LogP contribution in [0.3, 0.4) is 0 Å². The smallest absolute Gasteiger partial charge is 0.354 e. The molecule has 1 aromatic rings. The Kier molecular flexibility index (Phi) is 4.39. The van der Waals surface area contributed by atoms with Gasteiger partial charge in [-0.1, -0.05) is 18.2 Å². The summed E-state index contributed by atoms with van der Waals surface area (Å²) >= 11 is 0. The van der Waals surface area contributed by atoms with Crippen molar-refractivity contribution in [2.75, 3.05) is 7.11 Å². The Hall–Kier alpha value is -2.17. The van der Waals surface area contributed by atoms with Gasteiger partial charge in [-0.2, -0.15) is 0 Å². The van der Waals surface area contributed by atoms with Crippen LogP contribution in [0.15, 0.2) is 30.0 Å². The molecule has 4 nitrogen and oxygen atoms in total. The second-order valence-electron chi connectivity index (χ2n) is 3.25. The van der Waals surface area contributed by atoms with Gasteiger partial charge in [0.25, 0.3) is 0 Å². The van der Waals surface area contributed by atoms with Gasteiger partial charge in [0.05, 0.1) is 7.11 Å². The van der Waals surface area contributed by atoms with Gasteiger partial charge in [-0.05, 0) is 12.1 Å². The maximum absolute atomic E-state index is 13.3. The second kappa shape index (κ2) is 5.79. The van der Waals surface area contributed by atoms with E-state index in [0.29, 0.717) is 0 Å². The van der Waals surface area contributed by atoms with E-state index >= 15 is 0 Å². The summed E-state index contributed by atoms with van der Waals surface area (Å²) in [5.41, 5.74) is 0.0896. The minimum absolute atomic E-state index is 0.106. The molecule has 0 aliphatic carbocycles. The lowest BCUT2D eigenvalue weighted by Crippen LogP contribution is -2.25. The number of carbonyl (C=O) groups excluding carboxylic acids is 2. The zero-order chi connectivity index (χ0) is 12.8. The number of ether oxygens (including phenoxy) is 1. The molecular weight excluding hydrogens is 225 g/mol. The van der Waals surface area contributed by atoms with Gasteiger partial charge in [-0.25, -0.2) is 9.18 Å². The summed E-state index contributed by atoms with van der Waals surface area (Å²) in [6, 6.07) is 5.90. The molecule has 0 bridgehead atoms. The second-order valence-corrected chi connectivity index (χ2v) is 3.25. The van der Waals surface area contributed by atoms with Crippen molar-refractivity contribution in [1.82, 2.24) is 5.32 Å². The van der Waals surface area contributed by atoms with Crippen molar-refractivity contribution in [2.45, 2.75) is 6.92 Å². The number of hydrogen-bond acceptors (Lipinski definition) is 3. The molecule has 0 unspecified atom stereocenters. The van der Waals surface area contributed by atoms with Crippen LogP contribution in [-0.2, 0) is 14.3 Å². The van der Waals surface area contributed by atoms with Crippen LogP contribution < -0.4 is 5.32 Å². The number of rotatable bonds is 3. The number of halogens is 1. The number of nitrogens with one attached hydrogen (secondary N) is 1. The lowest BCUT2D eigenvalue weighted by Gasteiger charge is -2.06. The Balaban J connectivity index is 3.09. The van der Waals surface area contributed by atoms with Crippen molar-refractivity contribution in [1.29, 1.82) is 0 Å². The summed E-state index contributed by atoms with van der Waals surface area (Å²) in [7, 11) is 1.18. The molecule has 1 N–H and O–H groups in total. The molecule has 0 saturated carbocycles. The van der Waals surface area contributed by atoms with Gasteiger partial charge in [-0.15, -0.1) is 0 Å². The van der Waals surface area contributed by atoms with E-state index in [2.05, 4.69) is 10.1 Å². The van der Waals surface area contributed by atoms with E-state index in [1.807, 2.05) is 0 Å². The third-order valence-electron chi connectivity index (χ3n) is 1.92. The summed E-state index contributed by atoms with van der Waals surface area (Å²) in [5, 5.41) is 2.29. The Labute approximate surface area is 98.1 Å². The molecule has 0 aromatic heterocycles. The first-order chi connectivity index (χ1) is 8.04. The molecule has 17 heavy (non-hydrogen) atoms. The molecule has 5 heteroatoms. The minimum Gasteiger partial charge on any atom is -0.464 e. The molecule has 0 aliphatic heterocycles. The molecule has 0 aliphatic rings. The predicted molar refractivity (Wildman–Crippen MR) is 60.2 cm³/mol. The van der Waals surface area contributed by atoms with Gasteiger partial charge in [0, 0.05) is 12.5 Å². The van der Waals surface area contributed by atoms with Crippen molar-refractivity contribution in [3.05, 3.63) is 41.3 Å². The van der Waals surface area contributed by atoms with Crippen molar-refractivity contribution in [3.8, 4) is 0 Å². The number of methoxy groups -OCH3 is 1. The monoisotopic (exact) mass is 237 g/mol. The largest absolute Gasteiger partial charge is 0.464 e. The van der Waals surface area contributed by atoms with E-state index in [1.165, 1.54) is 38.3 Å². The van der Waals surface area contributed by atoms with Crippen LogP contribution in [0.25, 0.3) is 6.08 Å². The molecule has 0 atom stereocenters. The van der Waals surface area contributed by atoms with E-state index in [0.717, 1.165) is 0 Å². The Morgan fingerprint density at radius 1 is 1.35 bits per heavy atom. The third kappa shape index (κ3) is 3.71. The first-order valence-electron chi connectivity index (χ1n) is 4.86. The van der Waals surface area contributed by atoms with Crippen LogP contribution >= 0.6 is 0 Å². The van der Waals surface area contributed by atoms with Gasteiger partial charge < -0.3 is 10.1 Å². The van der Waals surface area contributed by atoms with E-state index in [-0.39, 0.29) is 11.3 Å². The zero-order valence-electron chi connectivity index (χ0n) is 9.49. The molecular formula is C12H12FNO3. The fourth-order valence-electron chi connectivity index (χ4n) is 1.19.